The number of anilines is 1. The Morgan fingerprint density at radius 3 is 2.60 bits per heavy atom. The number of aromatic nitrogens is 2. The summed E-state index contributed by atoms with van der Waals surface area (Å²) in [6, 6.07) is 2.19. The number of nitrogens with zero attached hydrogens (tertiary/aromatic N) is 2. The molecule has 2 rings (SSSR count). The molecule has 0 saturated carbocycles. The van der Waals surface area contributed by atoms with Gasteiger partial charge in [-0.05, 0) is 39.3 Å². The molecule has 0 aliphatic heterocycles. The Hall–Kier alpha value is -1.46. The molecule has 2 heterocycles. The Morgan fingerprint density at radius 1 is 1.35 bits per heavy atom. The number of carbonyl (C=O) groups excluding carboxylic acids is 1. The lowest BCUT2D eigenvalue weighted by Gasteiger charge is -2.16. The lowest BCUT2D eigenvalue weighted by atomic mass is 10.1. The van der Waals surface area contributed by atoms with Gasteiger partial charge in [0.25, 0.3) is 0 Å². The second-order valence-corrected chi connectivity index (χ2v) is 6.49. The van der Waals surface area contributed by atoms with E-state index in [1.165, 1.54) is 15.3 Å². The van der Waals surface area contributed by atoms with Crippen molar-refractivity contribution in [2.45, 2.75) is 33.7 Å². The summed E-state index contributed by atoms with van der Waals surface area (Å²) in [5.41, 5.74) is 1.51. The van der Waals surface area contributed by atoms with Crippen LogP contribution in [0.25, 0.3) is 0 Å². The smallest absolute Gasteiger partial charge is 0.156 e. The molecule has 6 heteroatoms. The van der Waals surface area contributed by atoms with Crippen molar-refractivity contribution < 1.29 is 4.79 Å². The SMILES string of the molecule is Cc1nc(Cl)c(C=O)c(NC(C)c2cc(C)sc2C)n1. The van der Waals surface area contributed by atoms with E-state index in [9.17, 15) is 4.79 Å². The van der Waals surface area contributed by atoms with Gasteiger partial charge in [-0.3, -0.25) is 4.79 Å². The van der Waals surface area contributed by atoms with Crippen molar-refractivity contribution in [2.75, 3.05) is 5.32 Å². The summed E-state index contributed by atoms with van der Waals surface area (Å²) in [6.45, 7) is 7.95. The minimum absolute atomic E-state index is 0.0454. The van der Waals surface area contributed by atoms with E-state index in [-0.39, 0.29) is 11.2 Å². The van der Waals surface area contributed by atoms with Gasteiger partial charge < -0.3 is 5.32 Å². The average Bonchev–Trinajstić information content (AvgIpc) is 2.68. The van der Waals surface area contributed by atoms with Crippen LogP contribution in [0.4, 0.5) is 5.82 Å². The molecule has 106 valence electrons. The van der Waals surface area contributed by atoms with Gasteiger partial charge in [0.1, 0.15) is 16.8 Å². The van der Waals surface area contributed by atoms with Crippen molar-refractivity contribution >= 4 is 35.0 Å². The number of rotatable bonds is 4. The number of halogens is 1. The van der Waals surface area contributed by atoms with E-state index in [1.807, 2.05) is 6.92 Å². The zero-order valence-corrected chi connectivity index (χ0v) is 13.4. The molecule has 0 bridgehead atoms. The highest BCUT2D eigenvalue weighted by Gasteiger charge is 2.16. The number of thiophene rings is 1. The Bertz CT molecular complexity index is 654. The molecule has 0 aliphatic carbocycles. The van der Waals surface area contributed by atoms with Crippen LogP contribution in [-0.4, -0.2) is 16.3 Å². The van der Waals surface area contributed by atoms with Crippen molar-refractivity contribution in [3.05, 3.63) is 37.9 Å². The highest BCUT2D eigenvalue weighted by atomic mass is 35.5. The summed E-state index contributed by atoms with van der Waals surface area (Å²) in [6.07, 6.45) is 0.683. The number of carbonyl (C=O) groups is 1. The van der Waals surface area contributed by atoms with E-state index in [1.54, 1.807) is 18.3 Å². The predicted octanol–water partition coefficient (Wildman–Crippen LogP) is 4.10. The van der Waals surface area contributed by atoms with Crippen LogP contribution in [0, 0.1) is 20.8 Å². The van der Waals surface area contributed by atoms with Gasteiger partial charge in [-0.15, -0.1) is 11.3 Å². The first-order chi connectivity index (χ1) is 9.42. The third-order valence-electron chi connectivity index (χ3n) is 3.03. The highest BCUT2D eigenvalue weighted by Crippen LogP contribution is 2.29. The lowest BCUT2D eigenvalue weighted by Crippen LogP contribution is -2.12. The van der Waals surface area contributed by atoms with Gasteiger partial charge in [-0.25, -0.2) is 9.97 Å². The van der Waals surface area contributed by atoms with Crippen LogP contribution >= 0.6 is 22.9 Å². The number of hydrogen-bond donors (Lipinski definition) is 1. The molecule has 1 unspecified atom stereocenters. The van der Waals surface area contributed by atoms with Gasteiger partial charge >= 0.3 is 0 Å². The first-order valence-electron chi connectivity index (χ1n) is 6.25. The van der Waals surface area contributed by atoms with Gasteiger partial charge in [0.15, 0.2) is 6.29 Å². The van der Waals surface area contributed by atoms with E-state index in [2.05, 4.69) is 35.2 Å². The van der Waals surface area contributed by atoms with E-state index in [0.29, 0.717) is 23.5 Å². The fraction of sp³-hybridized carbons (Fsp3) is 0.357. The van der Waals surface area contributed by atoms with E-state index in [0.717, 1.165) is 0 Å². The molecular formula is C14H16ClN3OS. The third-order valence-corrected chi connectivity index (χ3v) is 4.30. The first kappa shape index (κ1) is 14.9. The monoisotopic (exact) mass is 309 g/mol. The largest absolute Gasteiger partial charge is 0.363 e. The van der Waals surface area contributed by atoms with Crippen molar-refractivity contribution in [3.8, 4) is 0 Å². The maximum absolute atomic E-state index is 11.1. The molecular weight excluding hydrogens is 294 g/mol. The zero-order chi connectivity index (χ0) is 14.9. The summed E-state index contributed by atoms with van der Waals surface area (Å²) < 4.78 is 0. The molecule has 0 amide bonds. The number of hydrogen-bond acceptors (Lipinski definition) is 5. The number of nitrogens with one attached hydrogen (secondary N) is 1. The summed E-state index contributed by atoms with van der Waals surface area (Å²) in [4.78, 5) is 21.9. The maximum Gasteiger partial charge on any atom is 0.156 e. The summed E-state index contributed by atoms with van der Waals surface area (Å²) in [7, 11) is 0. The second kappa shape index (κ2) is 5.89. The van der Waals surface area contributed by atoms with Gasteiger partial charge in [0, 0.05) is 9.75 Å². The molecule has 0 aromatic carbocycles. The van der Waals surface area contributed by atoms with Crippen LogP contribution in [0.3, 0.4) is 0 Å². The van der Waals surface area contributed by atoms with E-state index < -0.39 is 0 Å². The summed E-state index contributed by atoms with van der Waals surface area (Å²) >= 11 is 7.74. The molecule has 0 radical (unpaired) electrons. The third kappa shape index (κ3) is 2.99. The van der Waals surface area contributed by atoms with Gasteiger partial charge in [-0.2, -0.15) is 0 Å². The number of aryl methyl sites for hydroxylation is 3. The lowest BCUT2D eigenvalue weighted by molar-refractivity contribution is 0.112. The summed E-state index contributed by atoms with van der Waals surface area (Å²) in [5.74, 6) is 1.02. The Kier molecular flexibility index (Phi) is 4.40. The zero-order valence-electron chi connectivity index (χ0n) is 11.8. The molecule has 0 spiro atoms. The Morgan fingerprint density at radius 2 is 2.05 bits per heavy atom. The Labute approximate surface area is 127 Å². The van der Waals surface area contributed by atoms with Crippen LogP contribution in [0.5, 0.6) is 0 Å². The van der Waals surface area contributed by atoms with Gasteiger partial charge in [-0.1, -0.05) is 11.6 Å². The molecule has 20 heavy (non-hydrogen) atoms. The maximum atomic E-state index is 11.1. The minimum atomic E-state index is 0.0454. The van der Waals surface area contributed by atoms with Crippen LogP contribution in [0.15, 0.2) is 6.07 Å². The minimum Gasteiger partial charge on any atom is -0.363 e. The molecule has 0 saturated heterocycles. The molecule has 1 N–H and O–H groups in total. The molecule has 0 aliphatic rings. The first-order valence-corrected chi connectivity index (χ1v) is 7.44. The molecule has 0 fully saturated rings. The molecule has 2 aromatic rings. The van der Waals surface area contributed by atoms with Crippen molar-refractivity contribution in [2.24, 2.45) is 0 Å². The summed E-state index contributed by atoms with van der Waals surface area (Å²) in [5, 5.41) is 3.43. The van der Waals surface area contributed by atoms with Crippen molar-refractivity contribution in [3.63, 3.8) is 0 Å². The standard InChI is InChI=1S/C14H16ClN3OS/c1-7-5-11(9(3)20-7)8(2)16-14-12(6-19)13(15)17-10(4)18-14/h5-6,8H,1-4H3,(H,16,17,18). The van der Waals surface area contributed by atoms with Crippen LogP contribution < -0.4 is 5.32 Å². The molecule has 2 aromatic heterocycles. The van der Waals surface area contributed by atoms with E-state index in [4.69, 9.17) is 11.6 Å². The second-order valence-electron chi connectivity index (χ2n) is 4.68. The van der Waals surface area contributed by atoms with Crippen LogP contribution in [0.1, 0.15) is 44.5 Å². The van der Waals surface area contributed by atoms with Gasteiger partial charge in [0.2, 0.25) is 0 Å². The van der Waals surface area contributed by atoms with Crippen molar-refractivity contribution in [1.82, 2.24) is 9.97 Å². The normalized spacial score (nSPS) is 12.2. The van der Waals surface area contributed by atoms with Crippen molar-refractivity contribution in [1.29, 1.82) is 0 Å². The topological polar surface area (TPSA) is 54.9 Å². The Balaban J connectivity index is 2.34. The molecule has 1 atom stereocenters. The predicted molar refractivity (Wildman–Crippen MR) is 83.0 cm³/mol. The van der Waals surface area contributed by atoms with Crippen LogP contribution in [0.2, 0.25) is 5.15 Å². The quantitative estimate of drug-likeness (QED) is 0.682. The average molecular weight is 310 g/mol. The fourth-order valence-electron chi connectivity index (χ4n) is 2.12. The van der Waals surface area contributed by atoms with Gasteiger partial charge in [0.05, 0.1) is 11.6 Å². The molecule has 4 nitrogen and oxygen atoms in total. The van der Waals surface area contributed by atoms with E-state index >= 15 is 0 Å². The number of aldehydes is 1. The fourth-order valence-corrected chi connectivity index (χ4v) is 3.40. The van der Waals surface area contributed by atoms with Crippen LogP contribution in [-0.2, 0) is 0 Å². The highest BCUT2D eigenvalue weighted by molar-refractivity contribution is 7.12.